The maximum Gasteiger partial charge on any atom is 0.251 e. The van der Waals surface area contributed by atoms with Crippen LogP contribution in [-0.4, -0.2) is 12.5 Å². The number of carbonyl (C=O) groups excluding carboxylic acids is 1. The predicted molar refractivity (Wildman–Crippen MR) is 97.8 cm³/mol. The first-order chi connectivity index (χ1) is 10.7. The average Bonchev–Trinajstić information content (AvgIpc) is 2.45. The van der Waals surface area contributed by atoms with Crippen LogP contribution in [0, 0.1) is 19.3 Å². The van der Waals surface area contributed by atoms with Gasteiger partial charge in [0.05, 0.1) is 0 Å². The Balaban J connectivity index is 2.14. The van der Waals surface area contributed by atoms with Gasteiger partial charge in [-0.25, -0.2) is 0 Å². The van der Waals surface area contributed by atoms with Crippen LogP contribution in [0.25, 0.3) is 11.1 Å². The van der Waals surface area contributed by atoms with Gasteiger partial charge in [0.2, 0.25) is 0 Å². The van der Waals surface area contributed by atoms with Crippen LogP contribution < -0.4 is 5.32 Å². The Hall–Kier alpha value is -2.09. The Bertz CT molecular complexity index is 675. The first-order valence-electron chi connectivity index (χ1n) is 8.21. The molecule has 23 heavy (non-hydrogen) atoms. The number of nitrogens with one attached hydrogen (secondary N) is 1. The van der Waals surface area contributed by atoms with E-state index in [-0.39, 0.29) is 11.3 Å². The molecule has 2 heteroatoms. The van der Waals surface area contributed by atoms with Crippen molar-refractivity contribution in [2.75, 3.05) is 6.54 Å². The number of rotatable bonds is 4. The third kappa shape index (κ3) is 5.24. The molecule has 0 radical (unpaired) electrons. The van der Waals surface area contributed by atoms with Crippen molar-refractivity contribution in [3.8, 4) is 11.1 Å². The van der Waals surface area contributed by atoms with Crippen molar-refractivity contribution >= 4 is 5.91 Å². The number of carbonyl (C=O) groups is 1. The lowest BCUT2D eigenvalue weighted by atomic mass is 9.92. The number of hydrogen-bond acceptors (Lipinski definition) is 1. The van der Waals surface area contributed by atoms with Gasteiger partial charge in [-0.3, -0.25) is 4.79 Å². The van der Waals surface area contributed by atoms with Crippen molar-refractivity contribution in [1.29, 1.82) is 0 Å². The highest BCUT2D eigenvalue weighted by molar-refractivity contribution is 5.95. The summed E-state index contributed by atoms with van der Waals surface area (Å²) in [6.45, 7) is 11.4. The topological polar surface area (TPSA) is 29.1 Å². The molecule has 2 nitrogen and oxygen atoms in total. The smallest absolute Gasteiger partial charge is 0.251 e. The van der Waals surface area contributed by atoms with Crippen LogP contribution in [0.3, 0.4) is 0 Å². The van der Waals surface area contributed by atoms with Crippen LogP contribution in [0.15, 0.2) is 42.5 Å². The highest BCUT2D eigenvalue weighted by Gasteiger charge is 2.12. The van der Waals surface area contributed by atoms with Gasteiger partial charge in [-0.15, -0.1) is 0 Å². The summed E-state index contributed by atoms with van der Waals surface area (Å²) < 4.78 is 0. The van der Waals surface area contributed by atoms with E-state index < -0.39 is 0 Å². The number of aryl methyl sites for hydroxylation is 2. The molecule has 0 aromatic heterocycles. The lowest BCUT2D eigenvalue weighted by molar-refractivity contribution is 0.0949. The fraction of sp³-hybridized carbons (Fsp3) is 0.381. The van der Waals surface area contributed by atoms with Crippen molar-refractivity contribution in [3.05, 3.63) is 59.2 Å². The zero-order valence-corrected chi connectivity index (χ0v) is 14.9. The second-order valence-corrected chi connectivity index (χ2v) is 7.52. The summed E-state index contributed by atoms with van der Waals surface area (Å²) in [6.07, 6.45) is 0.968. The molecule has 2 rings (SSSR count). The van der Waals surface area contributed by atoms with Gasteiger partial charge in [0, 0.05) is 12.1 Å². The quantitative estimate of drug-likeness (QED) is 0.832. The molecule has 0 aliphatic carbocycles. The summed E-state index contributed by atoms with van der Waals surface area (Å²) in [5, 5.41) is 3.02. The highest BCUT2D eigenvalue weighted by atomic mass is 16.1. The molecule has 0 unspecified atom stereocenters. The van der Waals surface area contributed by atoms with E-state index in [9.17, 15) is 4.79 Å². The molecule has 0 heterocycles. The van der Waals surface area contributed by atoms with Crippen LogP contribution in [-0.2, 0) is 0 Å². The molecule has 0 saturated heterocycles. The van der Waals surface area contributed by atoms with Gasteiger partial charge < -0.3 is 5.32 Å². The van der Waals surface area contributed by atoms with Crippen LogP contribution in [0.1, 0.15) is 48.7 Å². The lowest BCUT2D eigenvalue weighted by Crippen LogP contribution is -2.27. The van der Waals surface area contributed by atoms with Crippen LogP contribution in [0.4, 0.5) is 0 Å². The molecule has 0 fully saturated rings. The zero-order valence-electron chi connectivity index (χ0n) is 14.9. The Morgan fingerprint density at radius 2 is 1.61 bits per heavy atom. The van der Waals surface area contributed by atoms with Crippen molar-refractivity contribution in [2.24, 2.45) is 5.41 Å². The SMILES string of the molecule is Cc1cc(C)cc(-c2cccc(C(=O)NCCC(C)(C)C)c2)c1. The maximum atomic E-state index is 12.3. The standard InChI is InChI=1S/C21H27NO/c1-15-11-16(2)13-19(12-15)17-7-6-8-18(14-17)20(23)22-10-9-21(3,4)5/h6-8,11-14H,9-10H2,1-5H3,(H,22,23). The van der Waals surface area contributed by atoms with E-state index in [0.29, 0.717) is 6.54 Å². The van der Waals surface area contributed by atoms with E-state index in [1.54, 1.807) is 0 Å². The normalized spacial score (nSPS) is 11.3. The summed E-state index contributed by atoms with van der Waals surface area (Å²) >= 11 is 0. The maximum absolute atomic E-state index is 12.3. The van der Waals surface area contributed by atoms with Gasteiger partial charge in [0.25, 0.3) is 5.91 Å². The number of amides is 1. The number of benzene rings is 2. The molecule has 0 saturated carbocycles. The van der Waals surface area contributed by atoms with Crippen LogP contribution in [0.2, 0.25) is 0 Å². The van der Waals surface area contributed by atoms with Gasteiger partial charge in [-0.2, -0.15) is 0 Å². The summed E-state index contributed by atoms with van der Waals surface area (Å²) in [7, 11) is 0. The molecule has 2 aromatic carbocycles. The molecule has 1 amide bonds. The second kappa shape index (κ2) is 6.99. The van der Waals surface area contributed by atoms with Crippen molar-refractivity contribution < 1.29 is 4.79 Å². The van der Waals surface area contributed by atoms with E-state index in [1.807, 2.05) is 18.2 Å². The minimum Gasteiger partial charge on any atom is -0.352 e. The lowest BCUT2D eigenvalue weighted by Gasteiger charge is -2.18. The number of hydrogen-bond donors (Lipinski definition) is 1. The Kier molecular flexibility index (Phi) is 5.25. The molecule has 0 aliphatic heterocycles. The molecule has 2 aromatic rings. The Morgan fingerprint density at radius 3 is 2.22 bits per heavy atom. The van der Waals surface area contributed by atoms with Gasteiger partial charge in [-0.1, -0.05) is 62.2 Å². The molecule has 1 N–H and O–H groups in total. The minimum absolute atomic E-state index is 0.000440. The Morgan fingerprint density at radius 1 is 0.957 bits per heavy atom. The van der Waals surface area contributed by atoms with E-state index in [2.05, 4.69) is 64.2 Å². The summed E-state index contributed by atoms with van der Waals surface area (Å²) in [5.41, 5.74) is 5.66. The monoisotopic (exact) mass is 309 g/mol. The highest BCUT2D eigenvalue weighted by Crippen LogP contribution is 2.23. The van der Waals surface area contributed by atoms with Gasteiger partial charge in [0.15, 0.2) is 0 Å². The van der Waals surface area contributed by atoms with Gasteiger partial charge in [0.1, 0.15) is 0 Å². The first-order valence-corrected chi connectivity index (χ1v) is 8.21. The summed E-state index contributed by atoms with van der Waals surface area (Å²) in [4.78, 5) is 12.3. The molecular formula is C21H27NO. The average molecular weight is 309 g/mol. The third-order valence-electron chi connectivity index (χ3n) is 3.84. The van der Waals surface area contributed by atoms with Crippen molar-refractivity contribution in [1.82, 2.24) is 5.32 Å². The summed E-state index contributed by atoms with van der Waals surface area (Å²) in [6, 6.07) is 14.3. The van der Waals surface area contributed by atoms with E-state index in [0.717, 1.165) is 23.1 Å². The fourth-order valence-corrected chi connectivity index (χ4v) is 2.63. The second-order valence-electron chi connectivity index (χ2n) is 7.52. The molecule has 0 atom stereocenters. The molecule has 0 bridgehead atoms. The van der Waals surface area contributed by atoms with Crippen molar-refractivity contribution in [2.45, 2.75) is 41.0 Å². The zero-order chi connectivity index (χ0) is 17.0. The van der Waals surface area contributed by atoms with Crippen molar-refractivity contribution in [3.63, 3.8) is 0 Å². The fourth-order valence-electron chi connectivity index (χ4n) is 2.63. The Labute approximate surface area is 139 Å². The van der Waals surface area contributed by atoms with E-state index in [1.165, 1.54) is 11.1 Å². The molecule has 122 valence electrons. The van der Waals surface area contributed by atoms with E-state index >= 15 is 0 Å². The van der Waals surface area contributed by atoms with E-state index in [4.69, 9.17) is 0 Å². The first kappa shape index (κ1) is 17.3. The molecular weight excluding hydrogens is 282 g/mol. The molecule has 0 spiro atoms. The van der Waals surface area contributed by atoms with Crippen LogP contribution >= 0.6 is 0 Å². The summed E-state index contributed by atoms with van der Waals surface area (Å²) in [5.74, 6) is 0.000440. The third-order valence-corrected chi connectivity index (χ3v) is 3.84. The van der Waals surface area contributed by atoms with Crippen LogP contribution in [0.5, 0.6) is 0 Å². The minimum atomic E-state index is 0.000440. The van der Waals surface area contributed by atoms with Gasteiger partial charge >= 0.3 is 0 Å². The largest absolute Gasteiger partial charge is 0.352 e. The molecule has 0 aliphatic rings. The predicted octanol–water partition coefficient (Wildman–Crippen LogP) is 5.14. The van der Waals surface area contributed by atoms with Gasteiger partial charge in [-0.05, 0) is 48.9 Å².